The minimum atomic E-state index is -0.158. The predicted molar refractivity (Wildman–Crippen MR) is 189 cm³/mol. The molecule has 45 heavy (non-hydrogen) atoms. The highest BCUT2D eigenvalue weighted by Gasteiger charge is 2.44. The number of nitrogens with two attached hydrogens (primary N) is 1. The van der Waals surface area contributed by atoms with Crippen LogP contribution >= 0.6 is 0 Å². The molecule has 0 fully saturated rings. The smallest absolute Gasteiger partial charge is 0.233 e. The van der Waals surface area contributed by atoms with Gasteiger partial charge >= 0.3 is 0 Å². The van der Waals surface area contributed by atoms with E-state index in [-0.39, 0.29) is 16.7 Å². The zero-order valence-electron chi connectivity index (χ0n) is 27.2. The molecule has 230 valence electrons. The molecule has 0 unspecified atom stereocenters. The van der Waals surface area contributed by atoms with Crippen LogP contribution in [0.15, 0.2) is 109 Å². The predicted octanol–water partition coefficient (Wildman–Crippen LogP) is 8.34. The molecule has 0 saturated carbocycles. The molecule has 0 radical (unpaired) electrons. The Labute approximate surface area is 267 Å². The van der Waals surface area contributed by atoms with Gasteiger partial charge in [0.2, 0.25) is 11.6 Å². The van der Waals surface area contributed by atoms with E-state index >= 15 is 0 Å². The van der Waals surface area contributed by atoms with Gasteiger partial charge in [-0.15, -0.1) is 0 Å². The van der Waals surface area contributed by atoms with E-state index in [1.165, 1.54) is 55.5 Å². The number of nitrogens with one attached hydrogen (secondary N) is 1. The van der Waals surface area contributed by atoms with Gasteiger partial charge in [-0.25, -0.2) is 5.84 Å². The van der Waals surface area contributed by atoms with Gasteiger partial charge < -0.3 is 4.90 Å². The lowest BCUT2D eigenvalue weighted by Crippen LogP contribution is -2.29. The summed E-state index contributed by atoms with van der Waals surface area (Å²) in [5.41, 5.74) is 9.89. The Morgan fingerprint density at radius 2 is 1.47 bits per heavy atom. The fourth-order valence-corrected chi connectivity index (χ4v) is 7.63. The van der Waals surface area contributed by atoms with Crippen molar-refractivity contribution in [2.45, 2.75) is 64.2 Å². The first-order valence-corrected chi connectivity index (χ1v) is 16.1. The summed E-state index contributed by atoms with van der Waals surface area (Å²) in [4.78, 5) is 14.1. The van der Waals surface area contributed by atoms with E-state index in [4.69, 9.17) is 5.84 Å². The topological polar surface area (TPSA) is 61.4 Å². The number of unbranched alkanes of at least 4 members (excludes halogenated alkanes) is 2. The summed E-state index contributed by atoms with van der Waals surface area (Å²) in [5.74, 6) is 5.16. The van der Waals surface area contributed by atoms with Crippen molar-refractivity contribution in [2.24, 2.45) is 5.84 Å². The second-order valence-electron chi connectivity index (χ2n) is 13.4. The molecular formula is C40H45N4O+. The van der Waals surface area contributed by atoms with Gasteiger partial charge in [0.05, 0.1) is 5.41 Å². The van der Waals surface area contributed by atoms with Crippen LogP contribution in [0.1, 0.15) is 64.5 Å². The van der Waals surface area contributed by atoms with Gasteiger partial charge in [-0.3, -0.25) is 10.2 Å². The van der Waals surface area contributed by atoms with Gasteiger partial charge in [-0.2, -0.15) is 4.58 Å². The average molecular weight is 598 g/mol. The van der Waals surface area contributed by atoms with Gasteiger partial charge in [-0.05, 0) is 72.0 Å². The molecule has 0 saturated heterocycles. The number of anilines is 1. The molecule has 3 N–H and O–H groups in total. The van der Waals surface area contributed by atoms with Gasteiger partial charge in [0.1, 0.15) is 7.05 Å². The highest BCUT2D eigenvalue weighted by molar-refractivity contribution is 6.07. The standard InChI is InChI=1S/C40H44N4O/c1-39(2)34(43(5)32-25-23-28-16-11-13-18-30(28)37(32)39)20-8-6-9-21-35-40(3,4)38-31-19-14-12-17-29(31)24-26-33(38)44(35)27-15-7-10-22-36(45)42-41/h6,8-9,11-14,16-21,23-26H,7,10,15,22,27,41H2,1-5H3/p+1. The zero-order chi connectivity index (χ0) is 31.8. The summed E-state index contributed by atoms with van der Waals surface area (Å²) in [6.45, 7) is 10.2. The van der Waals surface area contributed by atoms with Crippen LogP contribution < -0.4 is 16.2 Å². The molecule has 2 aliphatic rings. The fraction of sp³-hybridized carbons (Fsp3) is 0.300. The van der Waals surface area contributed by atoms with Gasteiger partial charge in [0, 0.05) is 47.5 Å². The maximum atomic E-state index is 11.6. The van der Waals surface area contributed by atoms with Crippen LogP contribution in [0, 0.1) is 0 Å². The van der Waals surface area contributed by atoms with Crippen molar-refractivity contribution in [1.29, 1.82) is 0 Å². The number of allylic oxidation sites excluding steroid dienone is 6. The van der Waals surface area contributed by atoms with Crippen LogP contribution in [0.3, 0.4) is 0 Å². The van der Waals surface area contributed by atoms with Crippen molar-refractivity contribution >= 4 is 44.5 Å². The first-order valence-electron chi connectivity index (χ1n) is 16.1. The molecule has 1 amide bonds. The highest BCUT2D eigenvalue weighted by atomic mass is 16.2. The Bertz CT molecular complexity index is 1910. The summed E-state index contributed by atoms with van der Waals surface area (Å²) < 4.78 is 2.34. The van der Waals surface area contributed by atoms with Gasteiger partial charge in [0.15, 0.2) is 5.71 Å². The SMILES string of the molecule is C[N+]1=C(C=CC=CC=C2N(CCCCCC(=O)NN)c3ccc4ccccc4c3C2(C)C)C(C)(C)c2c1ccc1ccccc21. The monoisotopic (exact) mass is 597 g/mol. The van der Waals surface area contributed by atoms with Gasteiger partial charge in [0.25, 0.3) is 0 Å². The van der Waals surface area contributed by atoms with E-state index < -0.39 is 0 Å². The molecule has 0 bridgehead atoms. The maximum Gasteiger partial charge on any atom is 0.233 e. The molecule has 0 aromatic heterocycles. The van der Waals surface area contributed by atoms with E-state index in [1.54, 1.807) is 0 Å². The lowest BCUT2D eigenvalue weighted by molar-refractivity contribution is -0.401. The zero-order valence-corrected chi connectivity index (χ0v) is 27.2. The van der Waals surface area contributed by atoms with Gasteiger partial charge in [-0.1, -0.05) is 93.1 Å². The average Bonchev–Trinajstić information content (AvgIpc) is 3.38. The second kappa shape index (κ2) is 12.1. The lowest BCUT2D eigenvalue weighted by atomic mass is 9.79. The molecule has 4 aromatic rings. The maximum absolute atomic E-state index is 11.6. The van der Waals surface area contributed by atoms with Crippen molar-refractivity contribution in [2.75, 3.05) is 18.5 Å². The van der Waals surface area contributed by atoms with Crippen LogP contribution in [-0.4, -0.2) is 29.8 Å². The Hall–Kier alpha value is -4.48. The number of carbonyl (C=O) groups excluding carboxylic acids is 1. The van der Waals surface area contributed by atoms with Crippen LogP contribution in [0.4, 0.5) is 11.4 Å². The minimum absolute atomic E-state index is 0.101. The third-order valence-corrected chi connectivity index (χ3v) is 9.83. The first-order chi connectivity index (χ1) is 21.7. The third-order valence-electron chi connectivity index (χ3n) is 9.83. The van der Waals surface area contributed by atoms with E-state index in [0.29, 0.717) is 6.42 Å². The number of rotatable bonds is 9. The molecule has 6 rings (SSSR count). The third kappa shape index (κ3) is 5.40. The van der Waals surface area contributed by atoms with E-state index in [9.17, 15) is 4.79 Å². The number of fused-ring (bicyclic) bond motifs is 6. The number of carbonyl (C=O) groups is 1. The molecule has 0 atom stereocenters. The van der Waals surface area contributed by atoms with E-state index in [2.05, 4.69) is 153 Å². The fourth-order valence-electron chi connectivity index (χ4n) is 7.63. The number of benzene rings is 4. The second-order valence-corrected chi connectivity index (χ2v) is 13.4. The number of amides is 1. The summed E-state index contributed by atoms with van der Waals surface area (Å²) in [5, 5.41) is 5.19. The van der Waals surface area contributed by atoms with E-state index in [1.807, 2.05) is 0 Å². The lowest BCUT2D eigenvalue weighted by Gasteiger charge is -2.27. The van der Waals surface area contributed by atoms with Crippen LogP contribution in [0.2, 0.25) is 0 Å². The number of nitrogens with zero attached hydrogens (tertiary/aromatic N) is 2. The van der Waals surface area contributed by atoms with E-state index in [0.717, 1.165) is 25.8 Å². The molecule has 2 heterocycles. The quantitative estimate of drug-likeness (QED) is 0.0509. The van der Waals surface area contributed by atoms with Crippen molar-refractivity contribution in [3.05, 3.63) is 120 Å². The van der Waals surface area contributed by atoms with Crippen molar-refractivity contribution in [3.8, 4) is 0 Å². The Morgan fingerprint density at radius 3 is 2.18 bits per heavy atom. The number of hydrogen-bond acceptors (Lipinski definition) is 3. The number of hydrazine groups is 1. The molecule has 0 spiro atoms. The molecule has 2 aliphatic heterocycles. The molecule has 4 aromatic carbocycles. The Balaban J connectivity index is 1.27. The summed E-state index contributed by atoms with van der Waals surface area (Å²) >= 11 is 0. The molecule has 5 nitrogen and oxygen atoms in total. The van der Waals surface area contributed by atoms with Crippen molar-refractivity contribution in [1.82, 2.24) is 5.43 Å². The first kappa shape index (κ1) is 30.5. The molecular weight excluding hydrogens is 552 g/mol. The molecule has 5 heteroatoms. The summed E-state index contributed by atoms with van der Waals surface area (Å²) in [7, 11) is 2.18. The van der Waals surface area contributed by atoms with Crippen LogP contribution in [0.5, 0.6) is 0 Å². The highest BCUT2D eigenvalue weighted by Crippen LogP contribution is 2.51. The Morgan fingerprint density at radius 1 is 0.800 bits per heavy atom. The normalized spacial score (nSPS) is 17.7. The largest absolute Gasteiger partial charge is 0.344 e. The van der Waals surface area contributed by atoms with Crippen LogP contribution in [-0.2, 0) is 15.6 Å². The molecule has 0 aliphatic carbocycles. The van der Waals surface area contributed by atoms with Crippen molar-refractivity contribution < 1.29 is 9.37 Å². The summed E-state index contributed by atoms with van der Waals surface area (Å²) in [6, 6.07) is 26.4. The van der Waals surface area contributed by atoms with Crippen molar-refractivity contribution in [3.63, 3.8) is 0 Å². The minimum Gasteiger partial charge on any atom is -0.344 e. The number of hydrogen-bond donors (Lipinski definition) is 2. The Kier molecular flexibility index (Phi) is 8.23. The van der Waals surface area contributed by atoms with Crippen LogP contribution in [0.25, 0.3) is 21.5 Å². The summed E-state index contributed by atoms with van der Waals surface area (Å²) in [6.07, 6.45) is 14.3.